The summed E-state index contributed by atoms with van der Waals surface area (Å²) in [6.07, 6.45) is 2.00. The highest BCUT2D eigenvalue weighted by Gasteiger charge is 1.96. The standard InChI is InChI=1S/C17H29NO3/c1-3-18-10-9-16-5-7-17(8-6-16)15-21-12-4-11-20-14-13-19-2/h5-8,18H,3-4,9-15H2,1-2H3. The number of benzene rings is 1. The first-order valence-electron chi connectivity index (χ1n) is 7.79. The highest BCUT2D eigenvalue weighted by molar-refractivity contribution is 5.22. The van der Waals surface area contributed by atoms with Crippen molar-refractivity contribution < 1.29 is 14.2 Å². The van der Waals surface area contributed by atoms with Crippen LogP contribution in [0.3, 0.4) is 0 Å². The monoisotopic (exact) mass is 295 g/mol. The quantitative estimate of drug-likeness (QED) is 0.567. The zero-order valence-corrected chi connectivity index (χ0v) is 13.4. The van der Waals surface area contributed by atoms with Crippen LogP contribution in [0, 0.1) is 0 Å². The molecule has 1 rings (SSSR count). The molecule has 0 amide bonds. The SMILES string of the molecule is CCNCCc1ccc(COCCCOCCOC)cc1. The summed E-state index contributed by atoms with van der Waals surface area (Å²) in [6, 6.07) is 8.67. The van der Waals surface area contributed by atoms with E-state index in [2.05, 4.69) is 36.5 Å². The van der Waals surface area contributed by atoms with Crippen LogP contribution in [-0.2, 0) is 27.2 Å². The Morgan fingerprint density at radius 3 is 2.33 bits per heavy atom. The normalized spacial score (nSPS) is 11.0. The maximum Gasteiger partial charge on any atom is 0.0716 e. The number of rotatable bonds is 13. The third-order valence-corrected chi connectivity index (χ3v) is 3.14. The Morgan fingerprint density at radius 1 is 0.905 bits per heavy atom. The predicted molar refractivity (Wildman–Crippen MR) is 85.7 cm³/mol. The largest absolute Gasteiger partial charge is 0.382 e. The van der Waals surface area contributed by atoms with Crippen LogP contribution in [-0.4, -0.2) is 46.6 Å². The molecule has 0 unspecified atom stereocenters. The molecule has 0 radical (unpaired) electrons. The van der Waals surface area contributed by atoms with Gasteiger partial charge in [-0.05, 0) is 37.1 Å². The fourth-order valence-corrected chi connectivity index (χ4v) is 1.91. The lowest BCUT2D eigenvalue weighted by atomic mass is 10.1. The molecule has 1 N–H and O–H groups in total. The maximum absolute atomic E-state index is 5.64. The van der Waals surface area contributed by atoms with Gasteiger partial charge in [-0.15, -0.1) is 0 Å². The van der Waals surface area contributed by atoms with Gasteiger partial charge in [0.1, 0.15) is 0 Å². The zero-order valence-electron chi connectivity index (χ0n) is 13.4. The summed E-state index contributed by atoms with van der Waals surface area (Å²) in [7, 11) is 1.68. The third-order valence-electron chi connectivity index (χ3n) is 3.14. The molecule has 0 aliphatic heterocycles. The van der Waals surface area contributed by atoms with Gasteiger partial charge in [0.05, 0.1) is 19.8 Å². The number of hydrogen-bond donors (Lipinski definition) is 1. The van der Waals surface area contributed by atoms with Gasteiger partial charge in [0.2, 0.25) is 0 Å². The van der Waals surface area contributed by atoms with Crippen LogP contribution in [0.2, 0.25) is 0 Å². The Morgan fingerprint density at radius 2 is 1.62 bits per heavy atom. The molecule has 0 aromatic heterocycles. The van der Waals surface area contributed by atoms with Crippen molar-refractivity contribution in [3.63, 3.8) is 0 Å². The van der Waals surface area contributed by atoms with E-state index in [4.69, 9.17) is 14.2 Å². The van der Waals surface area contributed by atoms with Crippen LogP contribution in [0.25, 0.3) is 0 Å². The van der Waals surface area contributed by atoms with Crippen molar-refractivity contribution in [1.29, 1.82) is 0 Å². The lowest BCUT2D eigenvalue weighted by molar-refractivity contribution is 0.0483. The van der Waals surface area contributed by atoms with Gasteiger partial charge in [-0.3, -0.25) is 0 Å². The molecule has 0 aliphatic carbocycles. The maximum atomic E-state index is 5.64. The van der Waals surface area contributed by atoms with E-state index >= 15 is 0 Å². The van der Waals surface area contributed by atoms with Crippen LogP contribution in [0.1, 0.15) is 24.5 Å². The second-order valence-electron chi connectivity index (χ2n) is 4.93. The molecule has 0 fully saturated rings. The van der Waals surface area contributed by atoms with E-state index in [0.717, 1.165) is 39.1 Å². The molecule has 0 saturated heterocycles. The molecular weight excluding hydrogens is 266 g/mol. The van der Waals surface area contributed by atoms with Gasteiger partial charge >= 0.3 is 0 Å². The zero-order chi connectivity index (χ0) is 15.2. The van der Waals surface area contributed by atoms with E-state index in [1.165, 1.54) is 11.1 Å². The first-order chi connectivity index (χ1) is 10.4. The Labute approximate surface area is 128 Å². The number of ether oxygens (including phenoxy) is 3. The van der Waals surface area contributed by atoms with Gasteiger partial charge in [0.15, 0.2) is 0 Å². The van der Waals surface area contributed by atoms with Gasteiger partial charge in [-0.1, -0.05) is 31.2 Å². The summed E-state index contributed by atoms with van der Waals surface area (Å²) in [5.41, 5.74) is 2.59. The molecule has 21 heavy (non-hydrogen) atoms. The molecule has 0 spiro atoms. The topological polar surface area (TPSA) is 39.7 Å². The highest BCUT2D eigenvalue weighted by atomic mass is 16.5. The molecule has 0 aliphatic rings. The summed E-state index contributed by atoms with van der Waals surface area (Å²) >= 11 is 0. The average Bonchev–Trinajstić information content (AvgIpc) is 2.52. The summed E-state index contributed by atoms with van der Waals surface area (Å²) in [6.45, 7) is 7.64. The number of likely N-dealkylation sites (N-methyl/N-ethyl adjacent to an activating group) is 1. The minimum absolute atomic E-state index is 0.654. The Bertz CT molecular complexity index is 340. The summed E-state index contributed by atoms with van der Waals surface area (Å²) in [5.74, 6) is 0. The smallest absolute Gasteiger partial charge is 0.0716 e. The van der Waals surface area contributed by atoms with Crippen LogP contribution in [0.5, 0.6) is 0 Å². The molecule has 0 atom stereocenters. The van der Waals surface area contributed by atoms with Gasteiger partial charge in [-0.25, -0.2) is 0 Å². The fraction of sp³-hybridized carbons (Fsp3) is 0.647. The highest BCUT2D eigenvalue weighted by Crippen LogP contribution is 2.06. The lowest BCUT2D eigenvalue weighted by Crippen LogP contribution is -2.15. The molecule has 1 aromatic rings. The minimum atomic E-state index is 0.654. The van der Waals surface area contributed by atoms with Crippen molar-refractivity contribution in [2.75, 3.05) is 46.6 Å². The van der Waals surface area contributed by atoms with E-state index in [1.807, 2.05) is 0 Å². The predicted octanol–water partition coefficient (Wildman–Crippen LogP) is 2.41. The van der Waals surface area contributed by atoms with Crippen LogP contribution >= 0.6 is 0 Å². The molecule has 120 valence electrons. The fourth-order valence-electron chi connectivity index (χ4n) is 1.91. The van der Waals surface area contributed by atoms with E-state index < -0.39 is 0 Å². The molecule has 0 heterocycles. The van der Waals surface area contributed by atoms with Gasteiger partial charge < -0.3 is 19.5 Å². The van der Waals surface area contributed by atoms with E-state index in [0.29, 0.717) is 19.8 Å². The first kappa shape index (κ1) is 18.1. The molecule has 0 bridgehead atoms. The molecule has 4 heteroatoms. The molecular formula is C17H29NO3. The number of nitrogens with one attached hydrogen (secondary N) is 1. The van der Waals surface area contributed by atoms with Crippen molar-refractivity contribution >= 4 is 0 Å². The van der Waals surface area contributed by atoms with Crippen LogP contribution < -0.4 is 5.32 Å². The number of hydrogen-bond acceptors (Lipinski definition) is 4. The van der Waals surface area contributed by atoms with E-state index in [1.54, 1.807) is 7.11 Å². The second kappa shape index (κ2) is 12.8. The summed E-state index contributed by atoms with van der Waals surface area (Å²) < 4.78 is 15.9. The molecule has 1 aromatic carbocycles. The minimum Gasteiger partial charge on any atom is -0.382 e. The van der Waals surface area contributed by atoms with Crippen LogP contribution in [0.4, 0.5) is 0 Å². The van der Waals surface area contributed by atoms with Crippen molar-refractivity contribution in [1.82, 2.24) is 5.32 Å². The average molecular weight is 295 g/mol. The van der Waals surface area contributed by atoms with Crippen molar-refractivity contribution in [2.24, 2.45) is 0 Å². The van der Waals surface area contributed by atoms with E-state index in [-0.39, 0.29) is 0 Å². The van der Waals surface area contributed by atoms with Gasteiger partial charge in [0, 0.05) is 20.3 Å². The van der Waals surface area contributed by atoms with Crippen molar-refractivity contribution in [2.45, 2.75) is 26.4 Å². The Balaban J connectivity index is 2.04. The van der Waals surface area contributed by atoms with Crippen molar-refractivity contribution in [3.05, 3.63) is 35.4 Å². The van der Waals surface area contributed by atoms with E-state index in [9.17, 15) is 0 Å². The summed E-state index contributed by atoms with van der Waals surface area (Å²) in [4.78, 5) is 0. The summed E-state index contributed by atoms with van der Waals surface area (Å²) in [5, 5.41) is 3.33. The molecule has 0 saturated carbocycles. The molecule has 4 nitrogen and oxygen atoms in total. The van der Waals surface area contributed by atoms with Gasteiger partial charge in [-0.2, -0.15) is 0 Å². The van der Waals surface area contributed by atoms with Crippen molar-refractivity contribution in [3.8, 4) is 0 Å². The lowest BCUT2D eigenvalue weighted by Gasteiger charge is -2.07. The Hall–Kier alpha value is -0.940. The Kier molecular flexibility index (Phi) is 11.0. The van der Waals surface area contributed by atoms with Crippen LogP contribution in [0.15, 0.2) is 24.3 Å². The number of methoxy groups -OCH3 is 1. The first-order valence-corrected chi connectivity index (χ1v) is 7.79. The van der Waals surface area contributed by atoms with Gasteiger partial charge in [0.25, 0.3) is 0 Å². The third kappa shape index (κ3) is 9.58. The second-order valence-corrected chi connectivity index (χ2v) is 4.93.